The summed E-state index contributed by atoms with van der Waals surface area (Å²) in [6, 6.07) is 10.3. The van der Waals surface area contributed by atoms with E-state index in [1.54, 1.807) is 18.2 Å². The lowest BCUT2D eigenvalue weighted by Gasteiger charge is -2.13. The second-order valence-electron chi connectivity index (χ2n) is 4.22. The van der Waals surface area contributed by atoms with Gasteiger partial charge in [0.2, 0.25) is 0 Å². The van der Waals surface area contributed by atoms with E-state index < -0.39 is 5.82 Å². The third-order valence-electron chi connectivity index (χ3n) is 2.87. The van der Waals surface area contributed by atoms with Crippen LogP contribution in [0, 0.1) is 12.7 Å². The number of para-hydroxylation sites is 1. The van der Waals surface area contributed by atoms with Crippen LogP contribution in [0.2, 0.25) is 5.02 Å². The molecule has 0 saturated carbocycles. The first-order valence-electron chi connectivity index (χ1n) is 5.88. The second-order valence-corrected chi connectivity index (χ2v) is 4.63. The van der Waals surface area contributed by atoms with E-state index in [1.165, 1.54) is 6.07 Å². The number of halogens is 2. The van der Waals surface area contributed by atoms with Gasteiger partial charge >= 0.3 is 0 Å². The molecule has 0 atom stereocenters. The van der Waals surface area contributed by atoms with Gasteiger partial charge in [0, 0.05) is 11.1 Å². The monoisotopic (exact) mass is 280 g/mol. The summed E-state index contributed by atoms with van der Waals surface area (Å²) in [6.07, 6.45) is 0. The Kier molecular flexibility index (Phi) is 4.40. The molecule has 0 bridgehead atoms. The molecule has 100 valence electrons. The van der Waals surface area contributed by atoms with Crippen molar-refractivity contribution in [1.29, 1.82) is 0 Å². The van der Waals surface area contributed by atoms with Crippen molar-refractivity contribution in [3.63, 3.8) is 0 Å². The molecule has 2 aromatic rings. The average Bonchev–Trinajstić information content (AvgIpc) is 2.41. The maximum absolute atomic E-state index is 13.7. The van der Waals surface area contributed by atoms with Crippen molar-refractivity contribution in [3.8, 4) is 5.75 Å². The zero-order valence-electron chi connectivity index (χ0n) is 10.5. The Morgan fingerprint density at radius 2 is 1.84 bits per heavy atom. The Hall–Kier alpha value is -1.58. The molecule has 0 saturated heterocycles. The van der Waals surface area contributed by atoms with Gasteiger partial charge in [0.1, 0.15) is 18.2 Å². The lowest BCUT2D eigenvalue weighted by molar-refractivity contribution is 0.256. The zero-order chi connectivity index (χ0) is 13.8. The summed E-state index contributed by atoms with van der Waals surface area (Å²) in [4.78, 5) is 0. The van der Waals surface area contributed by atoms with Crippen molar-refractivity contribution in [3.05, 3.63) is 63.9 Å². The molecule has 0 spiro atoms. The molecule has 1 N–H and O–H groups in total. The topological polar surface area (TPSA) is 29.5 Å². The van der Waals surface area contributed by atoms with Gasteiger partial charge in [-0.1, -0.05) is 41.9 Å². The first-order chi connectivity index (χ1) is 9.13. The van der Waals surface area contributed by atoms with Crippen LogP contribution in [-0.4, -0.2) is 5.11 Å². The summed E-state index contributed by atoms with van der Waals surface area (Å²) in [5.41, 5.74) is 1.97. The van der Waals surface area contributed by atoms with Gasteiger partial charge in [0.25, 0.3) is 0 Å². The summed E-state index contributed by atoms with van der Waals surface area (Å²) >= 11 is 5.71. The van der Waals surface area contributed by atoms with Crippen molar-refractivity contribution in [2.45, 2.75) is 20.1 Å². The zero-order valence-corrected chi connectivity index (χ0v) is 11.2. The quantitative estimate of drug-likeness (QED) is 0.921. The van der Waals surface area contributed by atoms with Crippen LogP contribution in [0.1, 0.15) is 16.7 Å². The van der Waals surface area contributed by atoms with Crippen LogP contribution in [0.4, 0.5) is 4.39 Å². The molecular formula is C15H14ClFO2. The Balaban J connectivity index is 2.21. The molecule has 0 aliphatic rings. The van der Waals surface area contributed by atoms with Crippen molar-refractivity contribution < 1.29 is 14.2 Å². The maximum atomic E-state index is 13.7. The molecule has 0 aliphatic heterocycles. The number of hydrogen-bond donors (Lipinski definition) is 1. The van der Waals surface area contributed by atoms with Crippen LogP contribution in [-0.2, 0) is 13.2 Å². The Morgan fingerprint density at radius 3 is 2.58 bits per heavy atom. The number of rotatable bonds is 4. The fraction of sp³-hybridized carbons (Fsp3) is 0.200. The van der Waals surface area contributed by atoms with Crippen LogP contribution in [0.5, 0.6) is 5.75 Å². The van der Waals surface area contributed by atoms with Crippen molar-refractivity contribution in [2.24, 2.45) is 0 Å². The van der Waals surface area contributed by atoms with Crippen LogP contribution in [0.25, 0.3) is 0 Å². The van der Waals surface area contributed by atoms with Gasteiger partial charge in [0.05, 0.1) is 11.6 Å². The van der Waals surface area contributed by atoms with Crippen molar-refractivity contribution >= 4 is 11.6 Å². The van der Waals surface area contributed by atoms with Crippen LogP contribution < -0.4 is 4.74 Å². The molecule has 0 amide bonds. The Labute approximate surface area is 116 Å². The average molecular weight is 281 g/mol. The normalized spacial score (nSPS) is 10.5. The van der Waals surface area contributed by atoms with Gasteiger partial charge in [-0.25, -0.2) is 4.39 Å². The largest absolute Gasteiger partial charge is 0.488 e. The highest BCUT2D eigenvalue weighted by molar-refractivity contribution is 6.30. The van der Waals surface area contributed by atoms with Crippen LogP contribution in [0.15, 0.2) is 36.4 Å². The first kappa shape index (κ1) is 13.8. The standard InChI is InChI=1S/C15H14ClFO2/c1-10-4-2-5-11(8-18)15(10)19-9-12-6-3-7-13(16)14(12)17/h2-7,18H,8-9H2,1H3. The van der Waals surface area contributed by atoms with Crippen molar-refractivity contribution in [1.82, 2.24) is 0 Å². The number of benzene rings is 2. The third-order valence-corrected chi connectivity index (χ3v) is 3.16. The van der Waals surface area contributed by atoms with E-state index in [1.807, 2.05) is 19.1 Å². The van der Waals surface area contributed by atoms with Gasteiger partial charge < -0.3 is 9.84 Å². The number of aliphatic hydroxyl groups is 1. The van der Waals surface area contributed by atoms with Crippen LogP contribution >= 0.6 is 11.6 Å². The molecule has 0 fully saturated rings. The van der Waals surface area contributed by atoms with E-state index in [0.29, 0.717) is 16.9 Å². The molecule has 0 heterocycles. The minimum atomic E-state index is -0.469. The highest BCUT2D eigenvalue weighted by Crippen LogP contribution is 2.25. The van der Waals surface area contributed by atoms with E-state index in [4.69, 9.17) is 16.3 Å². The summed E-state index contributed by atoms with van der Waals surface area (Å²) in [7, 11) is 0. The predicted molar refractivity (Wildman–Crippen MR) is 72.8 cm³/mol. The molecule has 2 rings (SSSR count). The molecule has 2 nitrogen and oxygen atoms in total. The molecule has 0 aromatic heterocycles. The minimum absolute atomic E-state index is 0.0737. The van der Waals surface area contributed by atoms with E-state index in [2.05, 4.69) is 0 Å². The molecule has 19 heavy (non-hydrogen) atoms. The Morgan fingerprint density at radius 1 is 1.16 bits per heavy atom. The predicted octanol–water partition coefficient (Wildman–Crippen LogP) is 3.86. The molecule has 0 aliphatic carbocycles. The van der Waals surface area contributed by atoms with Crippen molar-refractivity contribution in [2.75, 3.05) is 0 Å². The van der Waals surface area contributed by atoms with E-state index >= 15 is 0 Å². The van der Waals surface area contributed by atoms with Crippen LogP contribution in [0.3, 0.4) is 0 Å². The number of aliphatic hydroxyl groups excluding tert-OH is 1. The van der Waals surface area contributed by atoms with Gasteiger partial charge in [0.15, 0.2) is 0 Å². The first-order valence-corrected chi connectivity index (χ1v) is 6.26. The highest BCUT2D eigenvalue weighted by Gasteiger charge is 2.10. The SMILES string of the molecule is Cc1cccc(CO)c1OCc1cccc(Cl)c1F. The fourth-order valence-electron chi connectivity index (χ4n) is 1.85. The van der Waals surface area contributed by atoms with Gasteiger partial charge in [-0.15, -0.1) is 0 Å². The molecular weight excluding hydrogens is 267 g/mol. The fourth-order valence-corrected chi connectivity index (χ4v) is 2.05. The minimum Gasteiger partial charge on any atom is -0.488 e. The van der Waals surface area contributed by atoms with E-state index in [9.17, 15) is 9.50 Å². The summed E-state index contributed by atoms with van der Waals surface area (Å²) in [5.74, 6) is 0.118. The number of ether oxygens (including phenoxy) is 1. The second kappa shape index (κ2) is 6.04. The molecule has 4 heteroatoms. The summed E-state index contributed by atoms with van der Waals surface area (Å²) in [5, 5.41) is 9.34. The number of aryl methyl sites for hydroxylation is 1. The summed E-state index contributed by atoms with van der Waals surface area (Å²) < 4.78 is 19.3. The maximum Gasteiger partial charge on any atom is 0.148 e. The Bertz CT molecular complexity index is 584. The molecule has 0 unspecified atom stereocenters. The lowest BCUT2D eigenvalue weighted by Crippen LogP contribution is -2.02. The molecule has 2 aromatic carbocycles. The highest BCUT2D eigenvalue weighted by atomic mass is 35.5. The lowest BCUT2D eigenvalue weighted by atomic mass is 10.1. The number of hydrogen-bond acceptors (Lipinski definition) is 2. The molecule has 0 radical (unpaired) electrons. The van der Waals surface area contributed by atoms with E-state index in [0.717, 1.165) is 5.56 Å². The third kappa shape index (κ3) is 3.06. The van der Waals surface area contributed by atoms with Gasteiger partial charge in [-0.05, 0) is 18.6 Å². The van der Waals surface area contributed by atoms with E-state index in [-0.39, 0.29) is 18.2 Å². The smallest absolute Gasteiger partial charge is 0.148 e. The van der Waals surface area contributed by atoms with Gasteiger partial charge in [-0.2, -0.15) is 0 Å². The van der Waals surface area contributed by atoms with Gasteiger partial charge in [-0.3, -0.25) is 0 Å². The summed E-state index contributed by atoms with van der Waals surface area (Å²) in [6.45, 7) is 1.84.